The number of ether oxygens (including phenoxy) is 1. The van der Waals surface area contributed by atoms with Crippen LogP contribution in [0.25, 0.3) is 22.7 Å². The van der Waals surface area contributed by atoms with Gasteiger partial charge in [-0.05, 0) is 37.2 Å². The zero-order chi connectivity index (χ0) is 17.8. The molecule has 4 unspecified atom stereocenters. The SMILES string of the molecule is COC(=O)C1C(O)CCC2CN3CC=c4c([nH]c5ccccc45)=C3CC21. The fourth-order valence-corrected chi connectivity index (χ4v) is 5.34. The van der Waals surface area contributed by atoms with E-state index >= 15 is 0 Å². The normalized spacial score (nSPS) is 30.2. The van der Waals surface area contributed by atoms with E-state index in [0.717, 1.165) is 31.4 Å². The summed E-state index contributed by atoms with van der Waals surface area (Å²) in [6, 6.07) is 8.39. The molecule has 5 nitrogen and oxygen atoms in total. The number of aliphatic hydroxyl groups is 1. The molecule has 4 atom stereocenters. The molecule has 3 aliphatic rings. The number of para-hydroxylation sites is 1. The highest BCUT2D eigenvalue weighted by Crippen LogP contribution is 2.44. The number of esters is 1. The van der Waals surface area contributed by atoms with E-state index in [4.69, 9.17) is 4.74 Å². The van der Waals surface area contributed by atoms with Gasteiger partial charge in [-0.15, -0.1) is 0 Å². The van der Waals surface area contributed by atoms with Crippen LogP contribution in [-0.2, 0) is 9.53 Å². The molecule has 1 aromatic heterocycles. The molecule has 1 saturated carbocycles. The number of methoxy groups -OCH3 is 1. The maximum Gasteiger partial charge on any atom is 0.311 e. The average Bonchev–Trinajstić information content (AvgIpc) is 3.05. The number of aromatic nitrogens is 1. The van der Waals surface area contributed by atoms with Gasteiger partial charge in [-0.3, -0.25) is 4.79 Å². The van der Waals surface area contributed by atoms with Crippen molar-refractivity contribution in [3.05, 3.63) is 34.8 Å². The molecule has 1 saturated heterocycles. The van der Waals surface area contributed by atoms with Crippen molar-refractivity contribution < 1.29 is 14.6 Å². The Balaban J connectivity index is 1.64. The van der Waals surface area contributed by atoms with Crippen molar-refractivity contribution in [3.8, 4) is 0 Å². The molecule has 2 aliphatic heterocycles. The predicted octanol–water partition coefficient (Wildman–Crippen LogP) is 0.952. The van der Waals surface area contributed by atoms with Crippen LogP contribution in [0.3, 0.4) is 0 Å². The van der Waals surface area contributed by atoms with E-state index in [-0.39, 0.29) is 11.9 Å². The molecule has 5 heteroatoms. The Bertz CT molecular complexity index is 992. The number of nitrogens with zero attached hydrogens (tertiary/aromatic N) is 1. The summed E-state index contributed by atoms with van der Waals surface area (Å²) in [6.07, 6.45) is 4.20. The van der Waals surface area contributed by atoms with Crippen LogP contribution in [0.5, 0.6) is 0 Å². The summed E-state index contributed by atoms with van der Waals surface area (Å²) in [6.45, 7) is 1.87. The lowest BCUT2D eigenvalue weighted by atomic mass is 9.66. The smallest absolute Gasteiger partial charge is 0.311 e. The number of hydrogen-bond acceptors (Lipinski definition) is 4. The molecule has 1 aliphatic carbocycles. The number of carbonyl (C=O) groups is 1. The zero-order valence-corrected chi connectivity index (χ0v) is 14.9. The maximum absolute atomic E-state index is 12.4. The second-order valence-electron chi connectivity index (χ2n) is 7.84. The lowest BCUT2D eigenvalue weighted by Crippen LogP contribution is -2.53. The van der Waals surface area contributed by atoms with Crippen molar-refractivity contribution in [1.29, 1.82) is 0 Å². The van der Waals surface area contributed by atoms with Gasteiger partial charge in [0.2, 0.25) is 0 Å². The second-order valence-corrected chi connectivity index (χ2v) is 7.84. The number of aromatic amines is 1. The van der Waals surface area contributed by atoms with Gasteiger partial charge in [-0.25, -0.2) is 0 Å². The lowest BCUT2D eigenvalue weighted by molar-refractivity contribution is -0.157. The molecule has 3 heterocycles. The summed E-state index contributed by atoms with van der Waals surface area (Å²) < 4.78 is 5.03. The summed E-state index contributed by atoms with van der Waals surface area (Å²) in [7, 11) is 1.42. The van der Waals surface area contributed by atoms with Crippen LogP contribution < -0.4 is 10.6 Å². The summed E-state index contributed by atoms with van der Waals surface area (Å²) >= 11 is 0. The van der Waals surface area contributed by atoms with Crippen molar-refractivity contribution in [2.75, 3.05) is 20.2 Å². The van der Waals surface area contributed by atoms with Crippen LogP contribution in [-0.4, -0.2) is 47.3 Å². The third-order valence-corrected chi connectivity index (χ3v) is 6.60. The highest BCUT2D eigenvalue weighted by molar-refractivity contribution is 5.82. The first kappa shape index (κ1) is 15.9. The van der Waals surface area contributed by atoms with Gasteiger partial charge in [-0.1, -0.05) is 24.3 Å². The number of H-pyrrole nitrogens is 1. The first-order chi connectivity index (χ1) is 12.7. The highest BCUT2D eigenvalue weighted by Gasteiger charge is 2.47. The number of piperidine rings is 1. The highest BCUT2D eigenvalue weighted by atomic mass is 16.5. The Kier molecular flexibility index (Phi) is 3.60. The molecule has 2 fully saturated rings. The maximum atomic E-state index is 12.4. The zero-order valence-electron chi connectivity index (χ0n) is 14.9. The molecule has 2 aromatic rings. The van der Waals surface area contributed by atoms with E-state index in [1.165, 1.54) is 28.8 Å². The van der Waals surface area contributed by atoms with Gasteiger partial charge < -0.3 is 19.7 Å². The molecule has 0 radical (unpaired) electrons. The third-order valence-electron chi connectivity index (χ3n) is 6.60. The molecule has 2 N–H and O–H groups in total. The standard InChI is InChI=1S/C21H24N2O3/c1-26-21(25)19-15-10-17-20-14(13-4-2-3-5-16(13)22-20)8-9-23(17)11-12(15)6-7-18(19)24/h2-5,8,12,15,18-19,22,24H,6-7,9-11H2,1H3. The Morgan fingerprint density at radius 3 is 3.00 bits per heavy atom. The van der Waals surface area contributed by atoms with Gasteiger partial charge in [0.05, 0.1) is 24.5 Å². The van der Waals surface area contributed by atoms with Crippen LogP contribution >= 0.6 is 0 Å². The molecule has 0 spiro atoms. The van der Waals surface area contributed by atoms with Gasteiger partial charge in [-0.2, -0.15) is 0 Å². The molecule has 26 heavy (non-hydrogen) atoms. The van der Waals surface area contributed by atoms with Crippen LogP contribution in [0.15, 0.2) is 24.3 Å². The number of benzene rings is 1. The molecule has 0 bridgehead atoms. The monoisotopic (exact) mass is 352 g/mol. The minimum atomic E-state index is -0.590. The minimum Gasteiger partial charge on any atom is -0.469 e. The van der Waals surface area contributed by atoms with E-state index in [1.54, 1.807) is 0 Å². The molecule has 0 amide bonds. The van der Waals surface area contributed by atoms with Crippen LogP contribution in [0.4, 0.5) is 0 Å². The van der Waals surface area contributed by atoms with Crippen LogP contribution in [0.1, 0.15) is 19.3 Å². The summed E-state index contributed by atoms with van der Waals surface area (Å²) in [5.74, 6) is -0.0898. The molecular formula is C21H24N2O3. The van der Waals surface area contributed by atoms with Crippen molar-refractivity contribution in [2.24, 2.45) is 17.8 Å². The van der Waals surface area contributed by atoms with E-state index in [9.17, 15) is 9.90 Å². The number of carbonyl (C=O) groups excluding carboxylic acids is 1. The van der Waals surface area contributed by atoms with E-state index in [0.29, 0.717) is 12.3 Å². The fourth-order valence-electron chi connectivity index (χ4n) is 5.34. The Morgan fingerprint density at radius 1 is 1.31 bits per heavy atom. The summed E-state index contributed by atoms with van der Waals surface area (Å²) in [5.41, 5.74) is 2.43. The predicted molar refractivity (Wildman–Crippen MR) is 99.3 cm³/mol. The van der Waals surface area contributed by atoms with Gasteiger partial charge in [0, 0.05) is 34.9 Å². The van der Waals surface area contributed by atoms with Gasteiger partial charge in [0.1, 0.15) is 0 Å². The Labute approximate surface area is 151 Å². The first-order valence-electron chi connectivity index (χ1n) is 9.48. The second kappa shape index (κ2) is 5.88. The minimum absolute atomic E-state index is 0.148. The molecule has 136 valence electrons. The van der Waals surface area contributed by atoms with Crippen LogP contribution in [0, 0.1) is 17.8 Å². The lowest BCUT2D eigenvalue weighted by Gasteiger charge is -2.47. The van der Waals surface area contributed by atoms with Crippen molar-refractivity contribution in [2.45, 2.75) is 25.4 Å². The Morgan fingerprint density at radius 2 is 2.15 bits per heavy atom. The van der Waals surface area contributed by atoms with Crippen molar-refractivity contribution >= 4 is 28.6 Å². The number of rotatable bonds is 1. The van der Waals surface area contributed by atoms with Gasteiger partial charge in [0.15, 0.2) is 0 Å². The number of fused-ring (bicyclic) bond motifs is 5. The fraction of sp³-hybridized carbons (Fsp3) is 0.476. The third kappa shape index (κ3) is 2.23. The average molecular weight is 352 g/mol. The largest absolute Gasteiger partial charge is 0.469 e. The van der Waals surface area contributed by atoms with E-state index < -0.39 is 12.0 Å². The number of hydrogen-bond donors (Lipinski definition) is 2. The first-order valence-corrected chi connectivity index (χ1v) is 9.48. The van der Waals surface area contributed by atoms with E-state index in [1.807, 2.05) is 6.07 Å². The van der Waals surface area contributed by atoms with Crippen molar-refractivity contribution in [1.82, 2.24) is 9.88 Å². The number of aliphatic hydroxyl groups excluding tert-OH is 1. The topological polar surface area (TPSA) is 65.6 Å². The molecule has 1 aromatic carbocycles. The summed E-state index contributed by atoms with van der Waals surface area (Å²) in [4.78, 5) is 18.4. The number of nitrogens with one attached hydrogen (secondary N) is 1. The van der Waals surface area contributed by atoms with Crippen LogP contribution in [0.2, 0.25) is 0 Å². The van der Waals surface area contributed by atoms with Crippen molar-refractivity contribution in [3.63, 3.8) is 0 Å². The molecular weight excluding hydrogens is 328 g/mol. The molecule has 5 rings (SSSR count). The van der Waals surface area contributed by atoms with Gasteiger partial charge in [0.25, 0.3) is 0 Å². The summed E-state index contributed by atoms with van der Waals surface area (Å²) in [5, 5.41) is 14.2. The van der Waals surface area contributed by atoms with E-state index in [2.05, 4.69) is 34.2 Å². The Hall–Kier alpha value is -2.27. The van der Waals surface area contributed by atoms with Gasteiger partial charge >= 0.3 is 5.97 Å². The quantitative estimate of drug-likeness (QED) is 0.750.